The van der Waals surface area contributed by atoms with Crippen molar-refractivity contribution in [3.05, 3.63) is 121 Å². The molecular formula is C36H18F2N6. The Morgan fingerprint density at radius 3 is 0.727 bits per heavy atom. The van der Waals surface area contributed by atoms with Gasteiger partial charge in [0.05, 0.1) is 55.9 Å². The Balaban J connectivity index is 1.22. The molecule has 0 amide bonds. The molecule has 0 unspecified atom stereocenters. The zero-order valence-corrected chi connectivity index (χ0v) is 22.8. The van der Waals surface area contributed by atoms with E-state index in [1.165, 1.54) is 12.1 Å². The van der Waals surface area contributed by atoms with Crippen LogP contribution in [-0.4, -0.2) is 29.9 Å². The van der Waals surface area contributed by atoms with E-state index in [9.17, 15) is 8.78 Å². The van der Waals surface area contributed by atoms with Crippen molar-refractivity contribution in [2.24, 2.45) is 0 Å². The van der Waals surface area contributed by atoms with Crippen molar-refractivity contribution in [1.29, 1.82) is 0 Å². The predicted molar refractivity (Wildman–Crippen MR) is 169 cm³/mol. The molecule has 6 aromatic heterocycles. The molecule has 0 fully saturated rings. The van der Waals surface area contributed by atoms with Crippen LogP contribution in [0.2, 0.25) is 0 Å². The van der Waals surface area contributed by atoms with Crippen LogP contribution in [0.1, 0.15) is 0 Å². The van der Waals surface area contributed by atoms with Crippen molar-refractivity contribution in [2.75, 3.05) is 0 Å². The molecule has 8 heteroatoms. The molecular weight excluding hydrogens is 554 g/mol. The lowest BCUT2D eigenvalue weighted by molar-refractivity contribution is 0.589. The molecule has 6 nitrogen and oxygen atoms in total. The normalized spacial score (nSPS) is 11.9. The standard InChI is InChI=1S/C36H18F2N6/c37-29-17-11-23-5-3-21-9-15-27(41-33(21)35(23)43-29)25-13-7-19-1-2-20-8-14-26(40-32(20)31(19)39-25)28-16-10-22-4-6-24-12-18-30(38)44-36(24)34(22)42-28/h1-18H. The Bertz CT molecular complexity index is 2470. The summed E-state index contributed by atoms with van der Waals surface area (Å²) < 4.78 is 28.1. The van der Waals surface area contributed by atoms with Gasteiger partial charge in [-0.2, -0.15) is 8.78 Å². The Kier molecular flexibility index (Phi) is 5.16. The van der Waals surface area contributed by atoms with Crippen LogP contribution in [0, 0.1) is 11.9 Å². The largest absolute Gasteiger partial charge is 0.244 e. The van der Waals surface area contributed by atoms with E-state index in [2.05, 4.69) is 9.97 Å². The van der Waals surface area contributed by atoms with E-state index in [0.717, 1.165) is 43.4 Å². The number of benzene rings is 3. The lowest BCUT2D eigenvalue weighted by Crippen LogP contribution is -1.95. The van der Waals surface area contributed by atoms with Crippen molar-refractivity contribution in [2.45, 2.75) is 0 Å². The van der Waals surface area contributed by atoms with E-state index < -0.39 is 11.9 Å². The maximum absolute atomic E-state index is 14.0. The highest BCUT2D eigenvalue weighted by molar-refractivity contribution is 6.06. The number of halogens is 2. The van der Waals surface area contributed by atoms with Crippen LogP contribution in [0.25, 0.3) is 88.2 Å². The SMILES string of the molecule is Fc1ccc2ccc3ccc(-c4ccc5ccc6ccc(-c7ccc8ccc9ccc(F)nc9c8n7)nc6c5n4)nc3c2n1. The van der Waals surface area contributed by atoms with Crippen LogP contribution in [0.3, 0.4) is 0 Å². The Morgan fingerprint density at radius 2 is 0.455 bits per heavy atom. The topological polar surface area (TPSA) is 77.3 Å². The second kappa shape index (κ2) is 9.24. The van der Waals surface area contributed by atoms with Gasteiger partial charge in [-0.3, -0.25) is 0 Å². The summed E-state index contributed by atoms with van der Waals surface area (Å²) in [5, 5.41) is 5.22. The molecule has 0 aliphatic heterocycles. The van der Waals surface area contributed by atoms with E-state index >= 15 is 0 Å². The fourth-order valence-electron chi connectivity index (χ4n) is 5.83. The minimum absolute atomic E-state index is 0.510. The molecule has 206 valence electrons. The van der Waals surface area contributed by atoms with Crippen LogP contribution in [0.5, 0.6) is 0 Å². The molecule has 0 saturated carbocycles. The first kappa shape index (κ1) is 24.6. The van der Waals surface area contributed by atoms with E-state index in [-0.39, 0.29) is 0 Å². The first-order chi connectivity index (χ1) is 21.6. The fraction of sp³-hybridized carbons (Fsp3) is 0. The summed E-state index contributed by atoms with van der Waals surface area (Å²) in [6.45, 7) is 0. The molecule has 9 aromatic rings. The number of fused-ring (bicyclic) bond motifs is 9. The van der Waals surface area contributed by atoms with Gasteiger partial charge in [0.2, 0.25) is 11.9 Å². The molecule has 3 aromatic carbocycles. The van der Waals surface area contributed by atoms with Gasteiger partial charge in [-0.25, -0.2) is 29.9 Å². The van der Waals surface area contributed by atoms with E-state index in [0.29, 0.717) is 44.8 Å². The monoisotopic (exact) mass is 572 g/mol. The predicted octanol–water partition coefficient (Wildman–Crippen LogP) is 8.59. The minimum Gasteiger partial charge on any atom is -0.244 e. The van der Waals surface area contributed by atoms with E-state index in [1.54, 1.807) is 12.1 Å². The second-order valence-electron chi connectivity index (χ2n) is 10.7. The van der Waals surface area contributed by atoms with Crippen LogP contribution in [-0.2, 0) is 0 Å². The molecule has 0 atom stereocenters. The van der Waals surface area contributed by atoms with Gasteiger partial charge in [-0.15, -0.1) is 0 Å². The highest BCUT2D eigenvalue weighted by Gasteiger charge is 2.13. The third-order valence-electron chi connectivity index (χ3n) is 8.02. The first-order valence-electron chi connectivity index (χ1n) is 14.0. The van der Waals surface area contributed by atoms with Crippen LogP contribution >= 0.6 is 0 Å². The molecule has 9 rings (SSSR count). The third-order valence-corrected chi connectivity index (χ3v) is 8.02. The van der Waals surface area contributed by atoms with Crippen molar-refractivity contribution < 1.29 is 8.78 Å². The van der Waals surface area contributed by atoms with E-state index in [1.807, 2.05) is 84.9 Å². The van der Waals surface area contributed by atoms with Crippen LogP contribution in [0.15, 0.2) is 109 Å². The van der Waals surface area contributed by atoms with Gasteiger partial charge < -0.3 is 0 Å². The van der Waals surface area contributed by atoms with Crippen molar-refractivity contribution in [1.82, 2.24) is 29.9 Å². The maximum atomic E-state index is 14.0. The van der Waals surface area contributed by atoms with Crippen molar-refractivity contribution in [3.8, 4) is 22.8 Å². The zero-order chi connectivity index (χ0) is 29.4. The number of hydrogen-bond donors (Lipinski definition) is 0. The highest BCUT2D eigenvalue weighted by Crippen LogP contribution is 2.31. The molecule has 0 N–H and O–H groups in total. The Labute approximate surface area is 247 Å². The molecule has 0 aliphatic rings. The minimum atomic E-state index is -0.549. The Morgan fingerprint density at radius 1 is 0.250 bits per heavy atom. The van der Waals surface area contributed by atoms with Crippen LogP contribution < -0.4 is 0 Å². The van der Waals surface area contributed by atoms with Gasteiger partial charge in [0.25, 0.3) is 0 Å². The molecule has 0 bridgehead atoms. The van der Waals surface area contributed by atoms with Crippen molar-refractivity contribution >= 4 is 65.4 Å². The summed E-state index contributed by atoms with van der Waals surface area (Å²) in [5.74, 6) is -1.10. The number of aromatic nitrogens is 6. The molecule has 0 spiro atoms. The lowest BCUT2D eigenvalue weighted by atomic mass is 10.1. The summed E-state index contributed by atoms with van der Waals surface area (Å²) in [7, 11) is 0. The molecule has 0 radical (unpaired) electrons. The van der Waals surface area contributed by atoms with E-state index in [4.69, 9.17) is 19.9 Å². The summed E-state index contributed by atoms with van der Waals surface area (Å²) in [6.07, 6.45) is 0. The summed E-state index contributed by atoms with van der Waals surface area (Å²) in [5.41, 5.74) is 6.32. The second-order valence-corrected chi connectivity index (χ2v) is 10.7. The molecule has 44 heavy (non-hydrogen) atoms. The maximum Gasteiger partial charge on any atom is 0.213 e. The highest BCUT2D eigenvalue weighted by atomic mass is 19.1. The third kappa shape index (κ3) is 3.85. The summed E-state index contributed by atoms with van der Waals surface area (Å²) >= 11 is 0. The summed E-state index contributed by atoms with van der Waals surface area (Å²) in [6, 6.07) is 33.4. The quantitative estimate of drug-likeness (QED) is 0.153. The average Bonchev–Trinajstić information content (AvgIpc) is 3.07. The molecule has 6 heterocycles. The number of pyridine rings is 6. The van der Waals surface area contributed by atoms with Gasteiger partial charge in [0, 0.05) is 32.3 Å². The van der Waals surface area contributed by atoms with Crippen LogP contribution in [0.4, 0.5) is 8.78 Å². The van der Waals surface area contributed by atoms with Gasteiger partial charge >= 0.3 is 0 Å². The first-order valence-corrected chi connectivity index (χ1v) is 14.0. The summed E-state index contributed by atoms with van der Waals surface area (Å²) in [4.78, 5) is 28.0. The molecule has 0 aliphatic carbocycles. The lowest BCUT2D eigenvalue weighted by Gasteiger charge is -2.09. The number of rotatable bonds is 2. The average molecular weight is 573 g/mol. The fourth-order valence-corrected chi connectivity index (χ4v) is 5.83. The molecule has 0 saturated heterocycles. The number of hydrogen-bond acceptors (Lipinski definition) is 6. The van der Waals surface area contributed by atoms with Gasteiger partial charge in [-0.05, 0) is 48.5 Å². The number of nitrogens with zero attached hydrogens (tertiary/aromatic N) is 6. The zero-order valence-electron chi connectivity index (χ0n) is 22.8. The van der Waals surface area contributed by atoms with Gasteiger partial charge in [0.15, 0.2) is 0 Å². The Hall–Kier alpha value is -6.02. The van der Waals surface area contributed by atoms with Gasteiger partial charge in [-0.1, -0.05) is 60.7 Å². The van der Waals surface area contributed by atoms with Crippen molar-refractivity contribution in [3.63, 3.8) is 0 Å². The van der Waals surface area contributed by atoms with Gasteiger partial charge in [0.1, 0.15) is 0 Å². The smallest absolute Gasteiger partial charge is 0.213 e.